The molecule has 0 unspecified atom stereocenters. The molecule has 7 nitrogen and oxygen atoms in total. The molecule has 0 fully saturated rings. The van der Waals surface area contributed by atoms with Crippen LogP contribution in [0.3, 0.4) is 0 Å². The van der Waals surface area contributed by atoms with Gasteiger partial charge in [-0.05, 0) is 17.5 Å². The van der Waals surface area contributed by atoms with Gasteiger partial charge in [-0.3, -0.25) is 10.1 Å². The molecule has 0 atom stereocenters. The highest BCUT2D eigenvalue weighted by atomic mass is 32.2. The molecule has 0 N–H and O–H groups in total. The van der Waals surface area contributed by atoms with Crippen molar-refractivity contribution in [3.8, 4) is 0 Å². The lowest BCUT2D eigenvalue weighted by Crippen LogP contribution is -2.16. The normalized spacial score (nSPS) is 12.6. The molecule has 0 aliphatic rings. The van der Waals surface area contributed by atoms with Gasteiger partial charge in [-0.15, -0.1) is 22.3 Å². The summed E-state index contributed by atoms with van der Waals surface area (Å²) in [6, 6.07) is 7.51. The maximum absolute atomic E-state index is 12.4. The summed E-state index contributed by atoms with van der Waals surface area (Å²) in [7, 11) is -3.82. The van der Waals surface area contributed by atoms with Crippen LogP contribution in [0.1, 0.15) is 0 Å². The van der Waals surface area contributed by atoms with E-state index in [2.05, 4.69) is 11.0 Å². The number of fused-ring (bicyclic) bond motifs is 1. The van der Waals surface area contributed by atoms with Crippen molar-refractivity contribution in [1.29, 1.82) is 0 Å². The number of nitro benzene ring substituents is 1. The number of aromatic nitrogens is 1. The quantitative estimate of drug-likeness (QED) is 0.385. The van der Waals surface area contributed by atoms with Crippen LogP contribution in [-0.2, 0) is 16.6 Å². The van der Waals surface area contributed by atoms with Crippen molar-refractivity contribution in [2.24, 2.45) is 4.40 Å². The molecule has 2 heterocycles. The molecule has 0 saturated heterocycles. The molecule has 0 aliphatic heterocycles. The van der Waals surface area contributed by atoms with Crippen molar-refractivity contribution < 1.29 is 13.3 Å². The van der Waals surface area contributed by atoms with E-state index in [0.29, 0.717) is 16.8 Å². The second-order valence-corrected chi connectivity index (χ2v) is 8.48. The van der Waals surface area contributed by atoms with Crippen LogP contribution in [0.15, 0.2) is 57.0 Å². The Labute approximate surface area is 145 Å². The molecule has 3 rings (SSSR count). The summed E-state index contributed by atoms with van der Waals surface area (Å²) in [5, 5.41) is 12.6. The smallest absolute Gasteiger partial charge is 0.294 e. The number of nitro groups is 1. The minimum absolute atomic E-state index is 0.0535. The van der Waals surface area contributed by atoms with Gasteiger partial charge >= 0.3 is 0 Å². The largest absolute Gasteiger partial charge is 0.312 e. The van der Waals surface area contributed by atoms with Gasteiger partial charge in [0.2, 0.25) is 4.80 Å². The van der Waals surface area contributed by atoms with Gasteiger partial charge in [0.25, 0.3) is 15.7 Å². The fourth-order valence-corrected chi connectivity index (χ4v) is 5.35. The molecule has 0 spiro atoms. The van der Waals surface area contributed by atoms with E-state index in [-0.39, 0.29) is 14.7 Å². The molecule has 0 saturated carbocycles. The van der Waals surface area contributed by atoms with Crippen LogP contribution >= 0.6 is 22.7 Å². The number of rotatable bonds is 5. The molecule has 1 aromatic carbocycles. The van der Waals surface area contributed by atoms with E-state index >= 15 is 0 Å². The number of nitrogens with zero attached hydrogens (tertiary/aromatic N) is 3. The number of hydrogen-bond donors (Lipinski definition) is 0. The molecule has 124 valence electrons. The molecule has 2 aromatic heterocycles. The van der Waals surface area contributed by atoms with Crippen LogP contribution < -0.4 is 4.80 Å². The van der Waals surface area contributed by atoms with E-state index in [9.17, 15) is 18.5 Å². The molecule has 10 heteroatoms. The number of sulfonamides is 1. The van der Waals surface area contributed by atoms with Gasteiger partial charge in [0.15, 0.2) is 0 Å². The zero-order chi connectivity index (χ0) is 17.3. The summed E-state index contributed by atoms with van der Waals surface area (Å²) in [5.41, 5.74) is 0.618. The number of thiophene rings is 1. The highest BCUT2D eigenvalue weighted by molar-refractivity contribution is 7.92. The van der Waals surface area contributed by atoms with Crippen LogP contribution in [0.2, 0.25) is 0 Å². The predicted octanol–water partition coefficient (Wildman–Crippen LogP) is 3.15. The van der Waals surface area contributed by atoms with Crippen molar-refractivity contribution in [2.75, 3.05) is 0 Å². The first kappa shape index (κ1) is 16.6. The Morgan fingerprint density at radius 3 is 2.79 bits per heavy atom. The minimum Gasteiger partial charge on any atom is -0.312 e. The van der Waals surface area contributed by atoms with Gasteiger partial charge in [-0.2, -0.15) is 8.42 Å². The summed E-state index contributed by atoms with van der Waals surface area (Å²) in [4.78, 5) is 10.7. The van der Waals surface area contributed by atoms with E-state index < -0.39 is 14.9 Å². The van der Waals surface area contributed by atoms with E-state index in [4.69, 9.17) is 0 Å². The Morgan fingerprint density at radius 1 is 1.38 bits per heavy atom. The van der Waals surface area contributed by atoms with Crippen molar-refractivity contribution in [1.82, 2.24) is 4.57 Å². The van der Waals surface area contributed by atoms with E-state index in [1.54, 1.807) is 28.2 Å². The predicted molar refractivity (Wildman–Crippen MR) is 93.7 cm³/mol. The van der Waals surface area contributed by atoms with Gasteiger partial charge in [-0.25, -0.2) is 0 Å². The first-order valence-electron chi connectivity index (χ1n) is 6.65. The van der Waals surface area contributed by atoms with Crippen LogP contribution in [-0.4, -0.2) is 17.9 Å². The Morgan fingerprint density at radius 2 is 2.17 bits per heavy atom. The molecule has 0 amide bonds. The molecule has 0 bridgehead atoms. The minimum atomic E-state index is -3.82. The number of thiazole rings is 1. The first-order valence-corrected chi connectivity index (χ1v) is 9.79. The Hall–Kier alpha value is -2.30. The molecular formula is C14H11N3O4S3. The summed E-state index contributed by atoms with van der Waals surface area (Å²) >= 11 is 2.17. The zero-order valence-electron chi connectivity index (χ0n) is 12.2. The summed E-state index contributed by atoms with van der Waals surface area (Å²) in [6.45, 7) is 4.01. The van der Waals surface area contributed by atoms with Crippen molar-refractivity contribution in [2.45, 2.75) is 10.8 Å². The zero-order valence-corrected chi connectivity index (χ0v) is 14.6. The standard InChI is InChI=1S/C14H11N3O4S3/c1-2-7-16-11-6-5-10(17(18)19)9-12(11)23-14(16)15-24(20,21)13-4-3-8-22-13/h2-6,8-9H,1,7H2/b15-14-. The number of allylic oxidation sites excluding steroid dienone is 1. The molecule has 0 radical (unpaired) electrons. The third kappa shape index (κ3) is 3.03. The Balaban J connectivity index is 2.27. The summed E-state index contributed by atoms with van der Waals surface area (Å²) in [6.07, 6.45) is 1.62. The van der Waals surface area contributed by atoms with Crippen molar-refractivity contribution >= 4 is 48.6 Å². The van der Waals surface area contributed by atoms with E-state index in [0.717, 1.165) is 22.7 Å². The Kier molecular flexibility index (Phi) is 4.35. The van der Waals surface area contributed by atoms with Crippen LogP contribution in [0, 0.1) is 10.1 Å². The highest BCUT2D eigenvalue weighted by Gasteiger charge is 2.16. The van der Waals surface area contributed by atoms with E-state index in [1.165, 1.54) is 18.2 Å². The van der Waals surface area contributed by atoms with E-state index in [1.807, 2.05) is 0 Å². The molecule has 24 heavy (non-hydrogen) atoms. The van der Waals surface area contributed by atoms with Crippen molar-refractivity contribution in [3.63, 3.8) is 0 Å². The first-order chi connectivity index (χ1) is 11.4. The van der Waals surface area contributed by atoms with Gasteiger partial charge in [0.1, 0.15) is 4.21 Å². The lowest BCUT2D eigenvalue weighted by atomic mass is 10.3. The third-order valence-corrected chi connectivity index (χ3v) is 6.93. The Bertz CT molecular complexity index is 1090. The summed E-state index contributed by atoms with van der Waals surface area (Å²) in [5.74, 6) is 0. The van der Waals surface area contributed by atoms with Gasteiger partial charge < -0.3 is 4.57 Å². The lowest BCUT2D eigenvalue weighted by Gasteiger charge is -2.00. The topological polar surface area (TPSA) is 94.6 Å². The average molecular weight is 381 g/mol. The molecular weight excluding hydrogens is 370 g/mol. The maximum atomic E-state index is 12.4. The van der Waals surface area contributed by atoms with Gasteiger partial charge in [0, 0.05) is 18.7 Å². The van der Waals surface area contributed by atoms with Crippen LogP contribution in [0.4, 0.5) is 5.69 Å². The van der Waals surface area contributed by atoms with Gasteiger partial charge in [0.05, 0.1) is 15.1 Å². The average Bonchev–Trinajstić information content (AvgIpc) is 3.16. The van der Waals surface area contributed by atoms with Gasteiger partial charge in [-0.1, -0.05) is 23.5 Å². The fraction of sp³-hybridized carbons (Fsp3) is 0.0714. The fourth-order valence-electron chi connectivity index (χ4n) is 2.11. The SMILES string of the molecule is C=CCn1/c(=N/S(=O)(=O)c2cccs2)sc2cc([N+](=O)[O-])ccc21. The van der Waals surface area contributed by atoms with Crippen LogP contribution in [0.25, 0.3) is 10.2 Å². The molecule has 3 aromatic rings. The van der Waals surface area contributed by atoms with Crippen molar-refractivity contribution in [3.05, 3.63) is 63.3 Å². The maximum Gasteiger partial charge on any atom is 0.294 e. The molecule has 0 aliphatic carbocycles. The summed E-state index contributed by atoms with van der Waals surface area (Å²) < 4.78 is 31.1. The van der Waals surface area contributed by atoms with Crippen LogP contribution in [0.5, 0.6) is 0 Å². The second kappa shape index (κ2) is 6.30. The lowest BCUT2D eigenvalue weighted by molar-refractivity contribution is -0.384. The number of benzene rings is 1. The monoisotopic (exact) mass is 381 g/mol. The third-order valence-electron chi connectivity index (χ3n) is 3.14. The number of non-ortho nitro benzene ring substituents is 1. The second-order valence-electron chi connectivity index (χ2n) is 4.69. The highest BCUT2D eigenvalue weighted by Crippen LogP contribution is 2.24. The number of hydrogen-bond acceptors (Lipinski definition) is 6.